The molecule has 0 unspecified atom stereocenters. The van der Waals surface area contributed by atoms with Crippen molar-refractivity contribution in [2.75, 3.05) is 0 Å². The number of fused-ring (bicyclic) bond motifs is 1. The zero-order chi connectivity index (χ0) is 13.3. The van der Waals surface area contributed by atoms with Crippen LogP contribution in [0.3, 0.4) is 0 Å². The Hall–Kier alpha value is -1.98. The molecule has 0 saturated heterocycles. The van der Waals surface area contributed by atoms with Gasteiger partial charge in [0.05, 0.1) is 6.42 Å². The Bertz CT molecular complexity index is 601. The number of hydrogen-bond donors (Lipinski definition) is 1. The highest BCUT2D eigenvalue weighted by atomic mass is 16.4. The summed E-state index contributed by atoms with van der Waals surface area (Å²) in [5.74, 6) is 0.0834. The molecule has 1 fully saturated rings. The zero-order valence-electron chi connectivity index (χ0n) is 10.6. The van der Waals surface area contributed by atoms with Crippen LogP contribution >= 0.6 is 0 Å². The maximum Gasteiger partial charge on any atom is 0.303 e. The van der Waals surface area contributed by atoms with Gasteiger partial charge in [0, 0.05) is 18.7 Å². The second-order valence-electron chi connectivity index (χ2n) is 5.38. The van der Waals surface area contributed by atoms with Crippen LogP contribution in [0.4, 0.5) is 0 Å². The Balaban J connectivity index is 1.91. The second kappa shape index (κ2) is 4.60. The van der Waals surface area contributed by atoms with E-state index in [1.165, 1.54) is 0 Å². The average Bonchev–Trinajstić information content (AvgIpc) is 2.98. The Kier molecular flexibility index (Phi) is 2.93. The molecule has 2 aromatic rings. The van der Waals surface area contributed by atoms with E-state index in [9.17, 15) is 4.79 Å². The number of rotatable bonds is 4. The smallest absolute Gasteiger partial charge is 0.303 e. The van der Waals surface area contributed by atoms with Gasteiger partial charge in [-0.05, 0) is 18.3 Å². The summed E-state index contributed by atoms with van der Waals surface area (Å²) >= 11 is 0. The monoisotopic (exact) mass is 260 g/mol. The lowest BCUT2D eigenvalue weighted by Gasteiger charge is -2.25. The number of aromatic nitrogens is 4. The molecule has 100 valence electrons. The molecule has 0 aliphatic heterocycles. The van der Waals surface area contributed by atoms with E-state index in [4.69, 9.17) is 5.11 Å². The molecule has 2 aromatic heterocycles. The summed E-state index contributed by atoms with van der Waals surface area (Å²) in [5, 5.41) is 17.4. The van der Waals surface area contributed by atoms with Gasteiger partial charge in [-0.1, -0.05) is 12.8 Å². The quantitative estimate of drug-likeness (QED) is 0.905. The van der Waals surface area contributed by atoms with Crippen molar-refractivity contribution in [3.63, 3.8) is 0 Å². The van der Waals surface area contributed by atoms with Gasteiger partial charge in [0.2, 0.25) is 0 Å². The first-order valence-corrected chi connectivity index (χ1v) is 6.54. The van der Waals surface area contributed by atoms with Crippen LogP contribution in [0, 0.1) is 5.41 Å². The molecule has 0 spiro atoms. The van der Waals surface area contributed by atoms with Gasteiger partial charge < -0.3 is 5.11 Å². The minimum absolute atomic E-state index is 0.162. The SMILES string of the molecule is O=C(O)CC1(Cc2nnc3ccncn23)CCCC1. The lowest BCUT2D eigenvalue weighted by Crippen LogP contribution is -2.25. The summed E-state index contributed by atoms with van der Waals surface area (Å²) < 4.78 is 1.85. The third kappa shape index (κ3) is 2.30. The Morgan fingerprint density at radius 2 is 2.16 bits per heavy atom. The molecule has 0 aromatic carbocycles. The summed E-state index contributed by atoms with van der Waals surface area (Å²) in [6.45, 7) is 0. The van der Waals surface area contributed by atoms with Crippen molar-refractivity contribution < 1.29 is 9.90 Å². The first-order chi connectivity index (χ1) is 9.19. The van der Waals surface area contributed by atoms with Crippen LogP contribution in [0.15, 0.2) is 18.6 Å². The molecule has 0 radical (unpaired) electrons. The minimum atomic E-state index is -0.728. The predicted molar refractivity (Wildman–Crippen MR) is 67.6 cm³/mol. The lowest BCUT2D eigenvalue weighted by molar-refractivity contribution is -0.139. The van der Waals surface area contributed by atoms with Gasteiger partial charge in [0.15, 0.2) is 5.65 Å². The van der Waals surface area contributed by atoms with Crippen LogP contribution in [-0.4, -0.2) is 30.7 Å². The number of carboxylic acids is 1. The van der Waals surface area contributed by atoms with E-state index < -0.39 is 5.97 Å². The first-order valence-electron chi connectivity index (χ1n) is 6.54. The van der Waals surface area contributed by atoms with Crippen molar-refractivity contribution in [3.05, 3.63) is 24.4 Å². The van der Waals surface area contributed by atoms with Crippen LogP contribution in [0.2, 0.25) is 0 Å². The highest BCUT2D eigenvalue weighted by Gasteiger charge is 2.37. The number of carbonyl (C=O) groups is 1. The molecule has 0 bridgehead atoms. The van der Waals surface area contributed by atoms with Gasteiger partial charge in [-0.25, -0.2) is 4.98 Å². The molecule has 6 nitrogen and oxygen atoms in total. The van der Waals surface area contributed by atoms with E-state index in [1.807, 2.05) is 4.40 Å². The minimum Gasteiger partial charge on any atom is -0.481 e. The van der Waals surface area contributed by atoms with E-state index >= 15 is 0 Å². The maximum atomic E-state index is 11.1. The topological polar surface area (TPSA) is 80.4 Å². The van der Waals surface area contributed by atoms with Gasteiger partial charge >= 0.3 is 5.97 Å². The summed E-state index contributed by atoms with van der Waals surface area (Å²) in [7, 11) is 0. The molecule has 1 aliphatic carbocycles. The van der Waals surface area contributed by atoms with Crippen LogP contribution in [0.1, 0.15) is 37.9 Å². The predicted octanol–water partition coefficient (Wildman–Crippen LogP) is 1.70. The molecule has 1 N–H and O–H groups in total. The van der Waals surface area contributed by atoms with Crippen LogP contribution in [0.5, 0.6) is 0 Å². The van der Waals surface area contributed by atoms with Crippen molar-refractivity contribution in [1.82, 2.24) is 19.6 Å². The highest BCUT2D eigenvalue weighted by molar-refractivity contribution is 5.67. The van der Waals surface area contributed by atoms with Gasteiger partial charge in [-0.2, -0.15) is 0 Å². The standard InChI is InChI=1S/C13H16N4O2/c18-12(19)8-13(4-1-2-5-13)7-11-16-15-10-3-6-14-9-17(10)11/h3,6,9H,1-2,4-5,7-8H2,(H,18,19). The molecule has 19 heavy (non-hydrogen) atoms. The first kappa shape index (κ1) is 12.1. The van der Waals surface area contributed by atoms with Gasteiger partial charge in [-0.3, -0.25) is 9.20 Å². The third-order valence-corrected chi connectivity index (χ3v) is 4.01. The van der Waals surface area contributed by atoms with Crippen LogP contribution in [0.25, 0.3) is 5.65 Å². The Morgan fingerprint density at radius 3 is 2.89 bits per heavy atom. The molecule has 2 heterocycles. The molecule has 1 saturated carbocycles. The number of aliphatic carboxylic acids is 1. The fourth-order valence-corrected chi connectivity index (χ4v) is 3.11. The van der Waals surface area contributed by atoms with Crippen molar-refractivity contribution in [3.8, 4) is 0 Å². The molecule has 1 aliphatic rings. The van der Waals surface area contributed by atoms with Gasteiger partial charge in [0.25, 0.3) is 0 Å². The fraction of sp³-hybridized carbons (Fsp3) is 0.538. The third-order valence-electron chi connectivity index (χ3n) is 4.01. The second-order valence-corrected chi connectivity index (χ2v) is 5.38. The van der Waals surface area contributed by atoms with Gasteiger partial charge in [-0.15, -0.1) is 10.2 Å². The fourth-order valence-electron chi connectivity index (χ4n) is 3.11. The molecule has 0 atom stereocenters. The molecule has 3 rings (SSSR count). The zero-order valence-corrected chi connectivity index (χ0v) is 10.6. The van der Waals surface area contributed by atoms with Gasteiger partial charge in [0.1, 0.15) is 12.2 Å². The van der Waals surface area contributed by atoms with E-state index in [1.54, 1.807) is 18.6 Å². The van der Waals surface area contributed by atoms with E-state index in [2.05, 4.69) is 15.2 Å². The van der Waals surface area contributed by atoms with E-state index in [0.29, 0.717) is 6.42 Å². The van der Waals surface area contributed by atoms with Crippen LogP contribution in [-0.2, 0) is 11.2 Å². The molecular weight excluding hydrogens is 244 g/mol. The Morgan fingerprint density at radius 1 is 1.37 bits per heavy atom. The summed E-state index contributed by atoms with van der Waals surface area (Å²) in [5.41, 5.74) is 0.596. The number of nitrogens with zero attached hydrogens (tertiary/aromatic N) is 4. The van der Waals surface area contributed by atoms with Crippen molar-refractivity contribution in [2.45, 2.75) is 38.5 Å². The molecule has 6 heteroatoms. The van der Waals surface area contributed by atoms with E-state index in [0.717, 1.165) is 37.2 Å². The number of hydrogen-bond acceptors (Lipinski definition) is 4. The van der Waals surface area contributed by atoms with Crippen LogP contribution < -0.4 is 0 Å². The Labute approximate surface area is 110 Å². The summed E-state index contributed by atoms with van der Waals surface area (Å²) in [6, 6.07) is 1.80. The lowest BCUT2D eigenvalue weighted by atomic mass is 9.79. The van der Waals surface area contributed by atoms with Crippen molar-refractivity contribution >= 4 is 11.6 Å². The van der Waals surface area contributed by atoms with Crippen molar-refractivity contribution in [2.24, 2.45) is 5.41 Å². The summed E-state index contributed by atoms with van der Waals surface area (Å²) in [6.07, 6.45) is 8.34. The number of carboxylic acid groups (broad SMARTS) is 1. The normalized spacial score (nSPS) is 17.9. The highest BCUT2D eigenvalue weighted by Crippen LogP contribution is 2.43. The van der Waals surface area contributed by atoms with E-state index in [-0.39, 0.29) is 11.8 Å². The molecule has 0 amide bonds. The summed E-state index contributed by atoms with van der Waals surface area (Å²) in [4.78, 5) is 15.2. The molecular formula is C13H16N4O2. The average molecular weight is 260 g/mol. The van der Waals surface area contributed by atoms with Crippen molar-refractivity contribution in [1.29, 1.82) is 0 Å². The maximum absolute atomic E-state index is 11.1. The largest absolute Gasteiger partial charge is 0.481 e.